The lowest BCUT2D eigenvalue weighted by Crippen LogP contribution is -2.24. The third kappa shape index (κ3) is 3.60. The Morgan fingerprint density at radius 1 is 1.10 bits per heavy atom. The van der Waals surface area contributed by atoms with Crippen LogP contribution >= 0.6 is 22.9 Å². The summed E-state index contributed by atoms with van der Waals surface area (Å²) in [6.45, 7) is 0.430. The van der Waals surface area contributed by atoms with Crippen molar-refractivity contribution in [2.45, 2.75) is 0 Å². The molecule has 29 heavy (non-hydrogen) atoms. The molecule has 0 spiro atoms. The summed E-state index contributed by atoms with van der Waals surface area (Å²) < 4.78 is 7.68. The summed E-state index contributed by atoms with van der Waals surface area (Å²) >= 11 is 7.21. The fourth-order valence-corrected chi connectivity index (χ4v) is 4.11. The van der Waals surface area contributed by atoms with Gasteiger partial charge in [0.05, 0.1) is 4.53 Å². The van der Waals surface area contributed by atoms with E-state index in [0.29, 0.717) is 26.9 Å². The Bertz CT molecular complexity index is 1380. The molecule has 0 saturated heterocycles. The maximum atomic E-state index is 12.7. The average molecular weight is 420 g/mol. The van der Waals surface area contributed by atoms with Gasteiger partial charge >= 0.3 is 0 Å². The lowest BCUT2D eigenvalue weighted by molar-refractivity contribution is 0.352. The van der Waals surface area contributed by atoms with E-state index in [9.17, 15) is 4.79 Å². The highest BCUT2D eigenvalue weighted by Crippen LogP contribution is 2.26. The summed E-state index contributed by atoms with van der Waals surface area (Å²) in [5, 5.41) is 5.00. The molecule has 142 valence electrons. The third-order valence-corrected chi connectivity index (χ3v) is 5.67. The molecule has 2 aromatic carbocycles. The van der Waals surface area contributed by atoms with E-state index in [2.05, 4.69) is 10.1 Å². The van der Waals surface area contributed by atoms with Gasteiger partial charge in [-0.3, -0.25) is 4.79 Å². The van der Waals surface area contributed by atoms with Crippen molar-refractivity contribution >= 4 is 52.2 Å². The molecule has 0 atom stereocenters. The molecule has 0 N–H and O–H groups in total. The van der Waals surface area contributed by atoms with Crippen molar-refractivity contribution in [1.82, 2.24) is 14.6 Å². The van der Waals surface area contributed by atoms with Crippen LogP contribution in [0.1, 0.15) is 17.0 Å². The highest BCUT2D eigenvalue weighted by Gasteiger charge is 2.12. The van der Waals surface area contributed by atoms with E-state index < -0.39 is 0 Å². The van der Waals surface area contributed by atoms with Crippen LogP contribution in [0.15, 0.2) is 58.9 Å². The summed E-state index contributed by atoms with van der Waals surface area (Å²) in [4.78, 5) is 17.7. The first kappa shape index (κ1) is 17.8. The molecule has 0 amide bonds. The van der Waals surface area contributed by atoms with Gasteiger partial charge in [-0.15, -0.1) is 5.10 Å². The molecule has 0 aliphatic carbocycles. The second-order valence-electron chi connectivity index (χ2n) is 6.51. The van der Waals surface area contributed by atoms with Crippen molar-refractivity contribution < 1.29 is 4.74 Å². The van der Waals surface area contributed by atoms with Crippen LogP contribution in [-0.2, 0) is 0 Å². The van der Waals surface area contributed by atoms with Gasteiger partial charge in [-0.2, -0.15) is 9.50 Å². The topological polar surface area (TPSA) is 56.5 Å². The van der Waals surface area contributed by atoms with Gasteiger partial charge in [0.2, 0.25) is 4.96 Å². The summed E-state index contributed by atoms with van der Waals surface area (Å²) in [6, 6.07) is 15.3. The van der Waals surface area contributed by atoms with Gasteiger partial charge < -0.3 is 4.74 Å². The number of halogens is 1. The van der Waals surface area contributed by atoms with Crippen molar-refractivity contribution in [2.75, 3.05) is 6.61 Å². The predicted octanol–water partition coefficient (Wildman–Crippen LogP) is 3.95. The molecular formula is C22H14ClN3O2S. The zero-order chi connectivity index (χ0) is 19.8. The van der Waals surface area contributed by atoms with Crippen LogP contribution in [0.2, 0.25) is 5.02 Å². The van der Waals surface area contributed by atoms with E-state index in [1.165, 1.54) is 15.9 Å². The molecule has 0 unspecified atom stereocenters. The normalized spacial score (nSPS) is 14.2. The van der Waals surface area contributed by atoms with Gasteiger partial charge in [0.1, 0.15) is 12.4 Å². The van der Waals surface area contributed by atoms with E-state index in [0.717, 1.165) is 22.4 Å². The lowest BCUT2D eigenvalue weighted by Gasteiger charge is -2.15. The molecule has 4 aromatic rings. The number of thiazole rings is 1. The second kappa shape index (κ2) is 7.31. The van der Waals surface area contributed by atoms with Crippen molar-refractivity contribution in [3.63, 3.8) is 0 Å². The zero-order valence-corrected chi connectivity index (χ0v) is 16.7. The van der Waals surface area contributed by atoms with Crippen LogP contribution in [0.4, 0.5) is 0 Å². The number of fused-ring (bicyclic) bond motifs is 2. The number of hydrogen-bond acceptors (Lipinski definition) is 5. The first-order chi connectivity index (χ1) is 14.2. The van der Waals surface area contributed by atoms with Gasteiger partial charge in [0.15, 0.2) is 5.82 Å². The van der Waals surface area contributed by atoms with Crippen molar-refractivity contribution in [2.24, 2.45) is 0 Å². The molecule has 2 aromatic heterocycles. The minimum atomic E-state index is -0.177. The fraction of sp³-hybridized carbons (Fsp3) is 0.0455. The first-order valence-electron chi connectivity index (χ1n) is 8.93. The SMILES string of the molecule is O=c1/c(=C\C2=Cc3ccccc3OC2)sc2nc(/C=C/c3ccc(Cl)cc3)nn12. The molecule has 0 radical (unpaired) electrons. The van der Waals surface area contributed by atoms with E-state index >= 15 is 0 Å². The first-order valence-corrected chi connectivity index (χ1v) is 10.1. The van der Waals surface area contributed by atoms with Crippen molar-refractivity contribution in [1.29, 1.82) is 0 Å². The second-order valence-corrected chi connectivity index (χ2v) is 7.96. The number of rotatable bonds is 3. The Hall–Kier alpha value is -3.22. The molecule has 0 fully saturated rings. The van der Waals surface area contributed by atoms with Crippen LogP contribution in [0.3, 0.4) is 0 Å². The highest BCUT2D eigenvalue weighted by molar-refractivity contribution is 7.15. The fourth-order valence-electron chi connectivity index (χ4n) is 3.05. The number of aromatic nitrogens is 3. The van der Waals surface area contributed by atoms with Crippen molar-refractivity contribution in [3.8, 4) is 5.75 Å². The molecule has 0 bridgehead atoms. The quantitative estimate of drug-likeness (QED) is 0.504. The molecule has 3 heterocycles. The summed E-state index contributed by atoms with van der Waals surface area (Å²) in [7, 11) is 0. The molecule has 5 nitrogen and oxygen atoms in total. The van der Waals surface area contributed by atoms with Gasteiger partial charge in [-0.25, -0.2) is 0 Å². The third-order valence-electron chi connectivity index (χ3n) is 4.46. The average Bonchev–Trinajstić information content (AvgIpc) is 3.26. The molecule has 7 heteroatoms. The zero-order valence-electron chi connectivity index (χ0n) is 15.1. The number of benzene rings is 2. The van der Waals surface area contributed by atoms with Crippen molar-refractivity contribution in [3.05, 3.63) is 91.0 Å². The standard InChI is InChI=1S/C22H14ClN3O2S/c23-17-8-5-14(6-9-17)7-10-20-24-22-26(25-20)21(27)19(29-22)12-15-11-16-3-1-2-4-18(16)28-13-15/h1-12H,13H2/b10-7+,19-12+. The Morgan fingerprint density at radius 3 is 2.76 bits per heavy atom. The number of ether oxygens (including phenoxy) is 1. The van der Waals surface area contributed by atoms with E-state index in [1.54, 1.807) is 6.08 Å². The van der Waals surface area contributed by atoms with Crippen LogP contribution in [0.5, 0.6) is 5.75 Å². The molecule has 1 aliphatic heterocycles. The Labute approximate surface area is 174 Å². The molecule has 0 saturated carbocycles. The largest absolute Gasteiger partial charge is 0.488 e. The minimum Gasteiger partial charge on any atom is -0.488 e. The monoisotopic (exact) mass is 419 g/mol. The van der Waals surface area contributed by atoms with Crippen LogP contribution < -0.4 is 14.8 Å². The van der Waals surface area contributed by atoms with Crippen LogP contribution in [-0.4, -0.2) is 21.2 Å². The summed E-state index contributed by atoms with van der Waals surface area (Å²) in [6.07, 6.45) is 7.55. The maximum absolute atomic E-state index is 12.7. The smallest absolute Gasteiger partial charge is 0.291 e. The van der Waals surface area contributed by atoms with Gasteiger partial charge in [0.25, 0.3) is 5.56 Å². The molecule has 5 rings (SSSR count). The molecular weight excluding hydrogens is 406 g/mol. The van der Waals surface area contributed by atoms with Gasteiger partial charge in [0, 0.05) is 10.6 Å². The number of hydrogen-bond donors (Lipinski definition) is 0. The Kier molecular flexibility index (Phi) is 4.50. The predicted molar refractivity (Wildman–Crippen MR) is 117 cm³/mol. The lowest BCUT2D eigenvalue weighted by atomic mass is 10.1. The van der Waals surface area contributed by atoms with E-state index in [1.807, 2.05) is 66.8 Å². The minimum absolute atomic E-state index is 0.177. The van der Waals surface area contributed by atoms with Gasteiger partial charge in [-0.1, -0.05) is 59.3 Å². The maximum Gasteiger partial charge on any atom is 0.291 e. The van der Waals surface area contributed by atoms with Crippen LogP contribution in [0, 0.1) is 0 Å². The number of nitrogens with zero attached hydrogens (tertiary/aromatic N) is 3. The Balaban J connectivity index is 1.45. The van der Waals surface area contributed by atoms with E-state index in [-0.39, 0.29) is 5.56 Å². The highest BCUT2D eigenvalue weighted by atomic mass is 35.5. The van der Waals surface area contributed by atoms with Crippen LogP contribution in [0.25, 0.3) is 29.3 Å². The molecule has 1 aliphatic rings. The van der Waals surface area contributed by atoms with E-state index in [4.69, 9.17) is 16.3 Å². The number of para-hydroxylation sites is 1. The van der Waals surface area contributed by atoms with Gasteiger partial charge in [-0.05, 0) is 47.6 Å². The summed E-state index contributed by atoms with van der Waals surface area (Å²) in [5.41, 5.74) is 2.75. The summed E-state index contributed by atoms with van der Waals surface area (Å²) in [5.74, 6) is 1.34. The Morgan fingerprint density at radius 2 is 1.93 bits per heavy atom.